The van der Waals surface area contributed by atoms with Crippen molar-refractivity contribution in [2.75, 3.05) is 70.3 Å². The molecule has 1 aromatic carbocycles. The Hall–Kier alpha value is -7.01. The van der Waals surface area contributed by atoms with Gasteiger partial charge in [0.15, 0.2) is 18.9 Å². The summed E-state index contributed by atoms with van der Waals surface area (Å²) >= 11 is 0. The lowest BCUT2D eigenvalue weighted by Gasteiger charge is -2.23. The lowest BCUT2D eigenvalue weighted by atomic mass is 9.94. The highest BCUT2D eigenvalue weighted by molar-refractivity contribution is 6.30. The number of carbonyl (C=O) groups is 3. The molecule has 5 aromatic rings. The number of nitrogen functional groups attached to an aromatic ring is 1. The molecule has 6 atom stereocenters. The molecule has 6 N–H and O–H groups in total. The van der Waals surface area contributed by atoms with Crippen molar-refractivity contribution in [1.29, 1.82) is 0 Å². The molecular formula is C89H157N9O13. The fourth-order valence-corrected chi connectivity index (χ4v) is 12.5. The van der Waals surface area contributed by atoms with E-state index in [2.05, 4.69) is 54.3 Å². The van der Waals surface area contributed by atoms with Gasteiger partial charge in [0, 0.05) is 146 Å². The summed E-state index contributed by atoms with van der Waals surface area (Å²) in [5, 5.41) is 30.9. The number of amides is 2. The summed E-state index contributed by atoms with van der Waals surface area (Å²) in [5.74, 6) is 5.72. The maximum Gasteiger partial charge on any atom is 0.281 e. The number of nitrogens with zero attached hydrogens (tertiary/aromatic N) is 7. The number of hydrogen-bond donors (Lipinski definition) is 5. The first-order chi connectivity index (χ1) is 50.3. The number of ether oxygens (including phenoxy) is 6. The van der Waals surface area contributed by atoms with Crippen LogP contribution in [0.3, 0.4) is 0 Å². The van der Waals surface area contributed by atoms with Crippen molar-refractivity contribution in [2.45, 2.75) is 344 Å². The number of hydrogen-bond acceptors (Lipinski definition) is 14. The number of benzene rings is 1. The number of ketones is 1. The average molecular weight is 1560 g/mol. The third-order valence-corrected chi connectivity index (χ3v) is 18.9. The van der Waals surface area contributed by atoms with Gasteiger partial charge < -0.3 is 64.1 Å². The van der Waals surface area contributed by atoms with Crippen LogP contribution in [0.1, 0.15) is 323 Å². The van der Waals surface area contributed by atoms with Crippen molar-refractivity contribution in [2.24, 2.45) is 5.92 Å². The molecule has 0 bridgehead atoms. The Kier molecular flexibility index (Phi) is 66.3. The van der Waals surface area contributed by atoms with Crippen LogP contribution < -0.4 is 16.3 Å². The highest BCUT2D eigenvalue weighted by Crippen LogP contribution is 2.27. The summed E-state index contributed by atoms with van der Waals surface area (Å²) < 4.78 is 38.5. The number of Topliss-reactive ketones (excluding diaryl/α,β-unsaturated/α-hetero) is 1. The fraction of sp³-hybridized carbons (Fsp3) is 0.697. The first-order valence-electron chi connectivity index (χ1n) is 38.8. The van der Waals surface area contributed by atoms with Gasteiger partial charge in [-0.3, -0.25) is 38.1 Å². The molecule has 6 unspecified atom stereocenters. The van der Waals surface area contributed by atoms with Gasteiger partial charge in [-0.25, -0.2) is 19.7 Å². The van der Waals surface area contributed by atoms with Crippen LogP contribution in [0.4, 0.5) is 0 Å². The summed E-state index contributed by atoms with van der Waals surface area (Å²) in [4.78, 5) is 58.9. The van der Waals surface area contributed by atoms with Crippen LogP contribution in [-0.4, -0.2) is 148 Å². The van der Waals surface area contributed by atoms with Gasteiger partial charge in [0.1, 0.15) is 11.3 Å². The molecule has 2 amide bonds. The number of aryl methyl sites for hydroxylation is 5. The summed E-state index contributed by atoms with van der Waals surface area (Å²) in [6.07, 6.45) is 30.2. The van der Waals surface area contributed by atoms with Crippen LogP contribution in [0, 0.1) is 32.6 Å². The maximum atomic E-state index is 12.5. The minimum Gasteiger partial charge on any atom is -0.396 e. The zero-order valence-corrected chi connectivity index (χ0v) is 65.0. The Labute approximate surface area is 673 Å². The number of aliphatic hydroxyl groups excluding tert-OH is 3. The number of carbonyl (C=O) groups excluding carboxylic acids is 3. The highest BCUT2D eigenvalue weighted by atomic mass is 16.7. The van der Waals surface area contributed by atoms with Gasteiger partial charge in [-0.05, 0) is 202 Å². The second-order valence-corrected chi connectivity index (χ2v) is 27.2. The van der Waals surface area contributed by atoms with E-state index in [-0.39, 0.29) is 131 Å². The Morgan fingerprint density at radius 2 is 1.05 bits per heavy atom. The summed E-state index contributed by atoms with van der Waals surface area (Å²) in [7, 11) is 0. The number of imide groups is 1. The first-order valence-corrected chi connectivity index (χ1v) is 38.8. The molecule has 4 aliphatic heterocycles. The zero-order valence-electron chi connectivity index (χ0n) is 65.0. The second kappa shape index (κ2) is 65.4. The van der Waals surface area contributed by atoms with E-state index in [1.54, 1.807) is 45.9 Å². The van der Waals surface area contributed by atoms with Gasteiger partial charge in [-0.2, -0.15) is 5.01 Å². The Morgan fingerprint density at radius 3 is 1.45 bits per heavy atom. The second-order valence-electron chi connectivity index (χ2n) is 27.2. The number of nitrogens with one attached hydrogen (secondary N) is 1. The van der Waals surface area contributed by atoms with E-state index in [0.717, 1.165) is 209 Å². The molecule has 111 heavy (non-hydrogen) atoms. The molecular weight excluding hydrogens is 1400 g/mol. The summed E-state index contributed by atoms with van der Waals surface area (Å²) in [6, 6.07) is 14.7. The Balaban J connectivity index is -0.000000398. The van der Waals surface area contributed by atoms with Crippen LogP contribution in [0.25, 0.3) is 20.1 Å². The van der Waals surface area contributed by atoms with Gasteiger partial charge in [0.25, 0.3) is 11.8 Å². The van der Waals surface area contributed by atoms with Gasteiger partial charge >= 0.3 is 0 Å². The monoisotopic (exact) mass is 1560 g/mol. The lowest BCUT2D eigenvalue weighted by Crippen LogP contribution is -2.40. The average Bonchev–Trinajstić information content (AvgIpc) is 1.65. The molecule has 0 aliphatic carbocycles. The van der Waals surface area contributed by atoms with E-state index >= 15 is 0 Å². The van der Waals surface area contributed by atoms with E-state index in [0.29, 0.717) is 41.7 Å². The van der Waals surface area contributed by atoms with Crippen molar-refractivity contribution >= 4 is 23.1 Å². The zero-order chi connectivity index (χ0) is 76.7. The van der Waals surface area contributed by atoms with Crippen molar-refractivity contribution < 1.29 is 58.1 Å². The number of nitrogens with two attached hydrogens (primary N) is 1. The smallest absolute Gasteiger partial charge is 0.281 e. The Morgan fingerprint density at radius 1 is 0.604 bits per heavy atom. The minimum absolute atomic E-state index is 0. The molecule has 4 aromatic heterocycles. The van der Waals surface area contributed by atoms with Gasteiger partial charge in [-0.15, -0.1) is 0 Å². The molecule has 0 spiro atoms. The Bertz CT molecular complexity index is 3360. The molecule has 636 valence electrons. The van der Waals surface area contributed by atoms with E-state index in [1.807, 2.05) is 70.5 Å². The van der Waals surface area contributed by atoms with Crippen LogP contribution in [0.5, 0.6) is 0 Å². The number of aliphatic hydroxyl groups is 3. The minimum atomic E-state index is -0.292. The number of fused-ring (bicyclic) bond motifs is 2. The van der Waals surface area contributed by atoms with Crippen LogP contribution in [0.2, 0.25) is 0 Å². The molecule has 3 fully saturated rings. The number of aromatic nitrogens is 4. The van der Waals surface area contributed by atoms with Crippen LogP contribution in [-0.2, 0) is 71.7 Å². The standard InChI is InChI=1S/C17H18N2O3.C14H26O3.C13H18N2O2.C13H23NO2.C12H21NO2.C9H16N2O.C4H7N.7CH4/c1-2-15-12(6-5-11-20)9-10-18(15)19-16(21)13-7-3-4-8-14(13)17(19)22;1-3-12(13(15)4-2)8-7-11-17-14-9-5-6-10-16-14;1-3-11-10(5-4-6-16)8-12-13(17)7-9(2)14-15(11)12;1-4-13(2,14-3)9-7-11-16-12-8-5-6-10-15-12;1-3-11(13-2)7-6-10-15-12-8-4-5-9-14-12;1-2-9-8(4-3-7-12)5-6-11(9)10;1-4(2)5-3;;;;;;;/h3-4,7-10,20H,2,5-6,11H2,1H3;12,14H,3-11H2,1-2H3;7-8,14,16H,3-6H2,1-2H3;12H,4-11H2,1-2H3;11-12H,3-10H2,1H3;5-6,12H,2-4,7,10H2,1H3;4H,1-2H3;7*1H4. The third-order valence-electron chi connectivity index (χ3n) is 18.9. The predicted molar refractivity (Wildman–Crippen MR) is 460 cm³/mol. The molecule has 8 heterocycles. The molecule has 22 nitrogen and oxygen atoms in total. The molecule has 9 rings (SSSR count). The summed E-state index contributed by atoms with van der Waals surface area (Å²) in [6.45, 7) is 47.6. The topological polar surface area (TPSA) is 257 Å². The van der Waals surface area contributed by atoms with Gasteiger partial charge in [0.2, 0.25) is 23.1 Å². The van der Waals surface area contributed by atoms with E-state index < -0.39 is 0 Å². The van der Waals surface area contributed by atoms with Gasteiger partial charge in [-0.1, -0.05) is 113 Å². The van der Waals surface area contributed by atoms with Crippen molar-refractivity contribution in [3.05, 3.63) is 156 Å². The SMILES string of the molecule is C.C.C.C.C.C.C.CCC(=O)C(CC)CCCOC1CCCCO1.CCc1c(CCCO)cc2c(=O)cc(C)[nH]n12.CCc1c(CCCO)ccn1N.CCc1c(CCCO)ccn1N1C(=O)c2ccccc2C1=O.[C-]#[N+]C(C)(CC)CCCOC1CCCCO1.[C-]#[N+]C(C)C.[C-]#[N+]C(CC)CCCOC1CCCCO1. The van der Waals surface area contributed by atoms with Crippen molar-refractivity contribution in [1.82, 2.24) is 19.0 Å². The van der Waals surface area contributed by atoms with Crippen LogP contribution >= 0.6 is 0 Å². The van der Waals surface area contributed by atoms with E-state index in [1.165, 1.54) is 35.5 Å². The van der Waals surface area contributed by atoms with E-state index in [9.17, 15) is 19.2 Å². The van der Waals surface area contributed by atoms with Crippen LogP contribution in [0.15, 0.2) is 65.7 Å². The molecule has 0 radical (unpaired) electrons. The van der Waals surface area contributed by atoms with E-state index in [4.69, 9.17) is 69.3 Å². The number of H-pyrrole nitrogens is 1. The predicted octanol–water partition coefficient (Wildman–Crippen LogP) is 19.5. The first kappa shape index (κ1) is 113. The number of aromatic amines is 1. The molecule has 3 saturated heterocycles. The molecule has 22 heteroatoms. The largest absolute Gasteiger partial charge is 0.396 e. The molecule has 4 aliphatic rings. The number of rotatable bonds is 33. The van der Waals surface area contributed by atoms with Gasteiger partial charge in [0.05, 0.1) is 24.3 Å². The summed E-state index contributed by atoms with van der Waals surface area (Å²) in [5.41, 5.74) is 9.01. The quantitative estimate of drug-likeness (QED) is 0.0113. The highest BCUT2D eigenvalue weighted by Gasteiger charge is 2.38. The lowest BCUT2D eigenvalue weighted by molar-refractivity contribution is -0.163. The maximum absolute atomic E-state index is 12.5. The van der Waals surface area contributed by atoms with Crippen molar-refractivity contribution in [3.63, 3.8) is 0 Å². The molecule has 0 saturated carbocycles. The van der Waals surface area contributed by atoms with Crippen molar-refractivity contribution in [3.8, 4) is 0 Å². The third kappa shape index (κ3) is 40.0. The fourth-order valence-electron chi connectivity index (χ4n) is 12.5. The normalized spacial score (nSPS) is 16.1.